The number of nitrogens with zero attached hydrogens (tertiary/aromatic N) is 3. The third-order valence-electron chi connectivity index (χ3n) is 3.53. The summed E-state index contributed by atoms with van der Waals surface area (Å²) in [5, 5.41) is 9.52. The number of benzene rings is 2. The van der Waals surface area contributed by atoms with Crippen LogP contribution < -0.4 is 5.43 Å². The summed E-state index contributed by atoms with van der Waals surface area (Å²) in [4.78, 5) is 0. The normalized spacial score (nSPS) is 17.0. The maximum atomic E-state index is 4.33. The number of thioether (sulfide) groups is 1. The smallest absolute Gasteiger partial charge is 0.210 e. The van der Waals surface area contributed by atoms with Crippen molar-refractivity contribution in [1.82, 2.24) is 14.9 Å². The molecule has 4 rings (SSSR count). The van der Waals surface area contributed by atoms with Gasteiger partial charge in [-0.2, -0.15) is 0 Å². The van der Waals surface area contributed by atoms with E-state index in [0.29, 0.717) is 0 Å². The first-order valence-corrected chi connectivity index (χ1v) is 7.85. The van der Waals surface area contributed by atoms with Crippen molar-refractivity contribution in [3.05, 3.63) is 66.2 Å². The van der Waals surface area contributed by atoms with Crippen molar-refractivity contribution in [3.8, 4) is 11.4 Å². The van der Waals surface area contributed by atoms with Crippen LogP contribution in [0.2, 0.25) is 0 Å². The van der Waals surface area contributed by atoms with Gasteiger partial charge in [0.2, 0.25) is 5.16 Å². The van der Waals surface area contributed by atoms with Crippen molar-refractivity contribution >= 4 is 11.8 Å². The second-order valence-corrected chi connectivity index (χ2v) is 5.90. The molecule has 5 heteroatoms. The predicted molar refractivity (Wildman–Crippen MR) is 84.7 cm³/mol. The second-order valence-electron chi connectivity index (χ2n) is 4.91. The van der Waals surface area contributed by atoms with Crippen LogP contribution >= 0.6 is 11.8 Å². The van der Waals surface area contributed by atoms with Gasteiger partial charge in [0.1, 0.15) is 0 Å². The van der Waals surface area contributed by atoms with Gasteiger partial charge in [0.15, 0.2) is 5.82 Å². The first-order valence-electron chi connectivity index (χ1n) is 6.87. The van der Waals surface area contributed by atoms with Crippen molar-refractivity contribution in [1.29, 1.82) is 0 Å². The summed E-state index contributed by atoms with van der Waals surface area (Å²) < 4.78 is 2.00. The molecule has 1 N–H and O–H groups in total. The third-order valence-corrected chi connectivity index (χ3v) is 4.55. The van der Waals surface area contributed by atoms with E-state index < -0.39 is 0 Å². The van der Waals surface area contributed by atoms with Gasteiger partial charge < -0.3 is 5.43 Å². The molecular formula is C16H14N4S. The van der Waals surface area contributed by atoms with Gasteiger partial charge in [-0.25, -0.2) is 4.68 Å². The topological polar surface area (TPSA) is 42.7 Å². The minimum atomic E-state index is 0.266. The first kappa shape index (κ1) is 12.5. The predicted octanol–water partition coefficient (Wildman–Crippen LogP) is 3.34. The van der Waals surface area contributed by atoms with Crippen LogP contribution in [0.1, 0.15) is 11.6 Å². The Morgan fingerprint density at radius 1 is 0.952 bits per heavy atom. The Morgan fingerprint density at radius 3 is 2.43 bits per heavy atom. The molecule has 0 spiro atoms. The largest absolute Gasteiger partial charge is 0.314 e. The summed E-state index contributed by atoms with van der Waals surface area (Å²) in [7, 11) is 0. The Bertz CT molecular complexity index is 739. The lowest BCUT2D eigenvalue weighted by atomic mass is 10.1. The molecule has 0 radical (unpaired) electrons. The molecular weight excluding hydrogens is 280 g/mol. The molecule has 104 valence electrons. The zero-order chi connectivity index (χ0) is 14.1. The lowest BCUT2D eigenvalue weighted by molar-refractivity contribution is 0.663. The zero-order valence-electron chi connectivity index (χ0n) is 11.3. The number of nitrogens with one attached hydrogen (secondary N) is 1. The van der Waals surface area contributed by atoms with Crippen molar-refractivity contribution in [2.24, 2.45) is 0 Å². The second kappa shape index (κ2) is 5.26. The molecule has 21 heavy (non-hydrogen) atoms. The van der Waals surface area contributed by atoms with Crippen LogP contribution in [0.25, 0.3) is 11.4 Å². The lowest BCUT2D eigenvalue weighted by Gasteiger charge is -2.26. The summed E-state index contributed by atoms with van der Waals surface area (Å²) in [6.07, 6.45) is 0. The van der Waals surface area contributed by atoms with E-state index in [4.69, 9.17) is 0 Å². The molecule has 1 unspecified atom stereocenters. The van der Waals surface area contributed by atoms with E-state index in [2.05, 4.69) is 52.0 Å². The average molecular weight is 294 g/mol. The summed E-state index contributed by atoms with van der Waals surface area (Å²) in [5.41, 5.74) is 5.88. The minimum Gasteiger partial charge on any atom is -0.314 e. The van der Waals surface area contributed by atoms with Crippen LogP contribution in [0, 0.1) is 0 Å². The van der Waals surface area contributed by atoms with Crippen LogP contribution in [-0.2, 0) is 0 Å². The molecule has 2 heterocycles. The van der Waals surface area contributed by atoms with E-state index in [-0.39, 0.29) is 6.04 Å². The molecule has 0 saturated carbocycles. The van der Waals surface area contributed by atoms with Crippen LogP contribution in [0.15, 0.2) is 65.8 Å². The standard InChI is InChI=1S/C16H14N4S/c1-3-7-12(8-4-1)14-11-21-16-18-17-15(20(16)19-14)13-9-5-2-6-10-13/h1-10,14,19H,11H2. The fourth-order valence-corrected chi connectivity index (χ4v) is 3.41. The molecule has 4 nitrogen and oxygen atoms in total. The van der Waals surface area contributed by atoms with Gasteiger partial charge in [0, 0.05) is 11.3 Å². The van der Waals surface area contributed by atoms with Crippen LogP contribution in [0.3, 0.4) is 0 Å². The first-order chi connectivity index (χ1) is 10.4. The highest BCUT2D eigenvalue weighted by atomic mass is 32.2. The molecule has 1 aliphatic rings. The van der Waals surface area contributed by atoms with E-state index in [9.17, 15) is 0 Å². The summed E-state index contributed by atoms with van der Waals surface area (Å²) >= 11 is 1.73. The molecule has 0 aliphatic carbocycles. The minimum absolute atomic E-state index is 0.266. The van der Waals surface area contributed by atoms with Gasteiger partial charge in [-0.15, -0.1) is 10.2 Å². The monoisotopic (exact) mass is 294 g/mol. The number of rotatable bonds is 2. The van der Waals surface area contributed by atoms with Crippen LogP contribution in [0.5, 0.6) is 0 Å². The molecule has 0 bridgehead atoms. The molecule has 1 aliphatic heterocycles. The Kier molecular flexibility index (Phi) is 3.12. The molecule has 3 aromatic rings. The fraction of sp³-hybridized carbons (Fsp3) is 0.125. The highest BCUT2D eigenvalue weighted by Crippen LogP contribution is 2.32. The van der Waals surface area contributed by atoms with E-state index in [0.717, 1.165) is 22.3 Å². The number of aromatic nitrogens is 3. The number of hydrogen-bond donors (Lipinski definition) is 1. The number of hydrogen-bond acceptors (Lipinski definition) is 4. The molecule has 0 saturated heterocycles. The van der Waals surface area contributed by atoms with E-state index in [1.165, 1.54) is 5.56 Å². The molecule has 0 amide bonds. The van der Waals surface area contributed by atoms with Crippen molar-refractivity contribution in [3.63, 3.8) is 0 Å². The van der Waals surface area contributed by atoms with Gasteiger partial charge in [-0.3, -0.25) is 0 Å². The molecule has 1 aromatic heterocycles. The highest BCUT2D eigenvalue weighted by molar-refractivity contribution is 7.99. The average Bonchev–Trinajstić information content (AvgIpc) is 2.99. The van der Waals surface area contributed by atoms with Gasteiger partial charge in [-0.05, 0) is 5.56 Å². The Balaban J connectivity index is 1.70. The van der Waals surface area contributed by atoms with Gasteiger partial charge in [0.25, 0.3) is 0 Å². The molecule has 1 atom stereocenters. The van der Waals surface area contributed by atoms with Crippen molar-refractivity contribution < 1.29 is 0 Å². The summed E-state index contributed by atoms with van der Waals surface area (Å²) in [5.74, 6) is 1.82. The fourth-order valence-electron chi connectivity index (χ4n) is 2.46. The highest BCUT2D eigenvalue weighted by Gasteiger charge is 2.24. The quantitative estimate of drug-likeness (QED) is 0.787. The maximum Gasteiger partial charge on any atom is 0.210 e. The Labute approximate surface area is 127 Å². The van der Waals surface area contributed by atoms with E-state index in [1.54, 1.807) is 11.8 Å². The Morgan fingerprint density at radius 2 is 1.67 bits per heavy atom. The van der Waals surface area contributed by atoms with Gasteiger partial charge in [-0.1, -0.05) is 72.4 Å². The maximum absolute atomic E-state index is 4.33. The van der Waals surface area contributed by atoms with Crippen LogP contribution in [0.4, 0.5) is 0 Å². The van der Waals surface area contributed by atoms with Crippen molar-refractivity contribution in [2.75, 3.05) is 11.2 Å². The van der Waals surface area contributed by atoms with E-state index >= 15 is 0 Å². The van der Waals surface area contributed by atoms with Crippen molar-refractivity contribution in [2.45, 2.75) is 11.2 Å². The van der Waals surface area contributed by atoms with Gasteiger partial charge in [0.05, 0.1) is 6.04 Å². The Hall–Kier alpha value is -2.27. The summed E-state index contributed by atoms with van der Waals surface area (Å²) in [6, 6.07) is 20.9. The van der Waals surface area contributed by atoms with Gasteiger partial charge >= 0.3 is 0 Å². The molecule has 0 fully saturated rings. The SMILES string of the molecule is c1ccc(-c2nnc3n2NC(c2ccccc2)CS3)cc1. The zero-order valence-corrected chi connectivity index (χ0v) is 12.1. The lowest BCUT2D eigenvalue weighted by Crippen LogP contribution is -2.28. The number of fused-ring (bicyclic) bond motifs is 1. The van der Waals surface area contributed by atoms with E-state index in [1.807, 2.05) is 28.9 Å². The third kappa shape index (κ3) is 2.29. The van der Waals surface area contributed by atoms with Crippen LogP contribution in [-0.4, -0.2) is 20.6 Å². The molecule has 2 aromatic carbocycles. The summed E-state index contributed by atoms with van der Waals surface area (Å²) in [6.45, 7) is 0.